The summed E-state index contributed by atoms with van der Waals surface area (Å²) >= 11 is 5.77. The lowest BCUT2D eigenvalue weighted by atomic mass is 9.96. The number of amides is 3. The van der Waals surface area contributed by atoms with Gasteiger partial charge in [0, 0.05) is 32.1 Å². The summed E-state index contributed by atoms with van der Waals surface area (Å²) in [5, 5.41) is 5.11. The van der Waals surface area contributed by atoms with Crippen molar-refractivity contribution in [1.29, 1.82) is 0 Å². The Bertz CT molecular complexity index is 1170. The highest BCUT2D eigenvalue weighted by Crippen LogP contribution is 2.37. The van der Waals surface area contributed by atoms with E-state index in [9.17, 15) is 23.2 Å². The number of anilines is 1. The molecule has 0 aromatic heterocycles. The van der Waals surface area contributed by atoms with Gasteiger partial charge in [-0.1, -0.05) is 11.6 Å². The average molecular weight is 522 g/mol. The lowest BCUT2D eigenvalue weighted by Gasteiger charge is -2.31. The van der Waals surface area contributed by atoms with Gasteiger partial charge < -0.3 is 25.0 Å². The molecule has 8 nitrogen and oxygen atoms in total. The molecule has 0 unspecified atom stereocenters. The molecule has 0 aliphatic carbocycles. The topological polar surface area (TPSA) is 97.0 Å². The molecule has 2 aliphatic rings. The minimum Gasteiger partial charge on any atom is -0.492 e. The highest BCUT2D eigenvalue weighted by atomic mass is 35.5. The van der Waals surface area contributed by atoms with Crippen LogP contribution in [0.1, 0.15) is 48.1 Å². The molecule has 2 aliphatic heterocycles. The predicted molar refractivity (Wildman–Crippen MR) is 128 cm³/mol. The summed E-state index contributed by atoms with van der Waals surface area (Å²) in [4.78, 5) is 38.6. The number of nitrogens with zero attached hydrogens (tertiary/aromatic N) is 1. The minimum atomic E-state index is -0.756. The Labute approximate surface area is 211 Å². The third-order valence-electron chi connectivity index (χ3n) is 6.37. The third-order valence-corrected chi connectivity index (χ3v) is 6.66. The molecule has 3 amide bonds. The Morgan fingerprint density at radius 1 is 1.11 bits per heavy atom. The second-order valence-electron chi connectivity index (χ2n) is 8.80. The van der Waals surface area contributed by atoms with Crippen molar-refractivity contribution in [3.63, 3.8) is 0 Å². The predicted octanol–water partition coefficient (Wildman–Crippen LogP) is 4.68. The van der Waals surface area contributed by atoms with Gasteiger partial charge in [0.25, 0.3) is 5.91 Å². The van der Waals surface area contributed by atoms with Crippen LogP contribution in [-0.2, 0) is 9.53 Å². The summed E-state index contributed by atoms with van der Waals surface area (Å²) in [6, 6.07) is 5.38. The number of piperidine rings is 1. The molecule has 36 heavy (non-hydrogen) atoms. The van der Waals surface area contributed by atoms with Crippen LogP contribution in [0.4, 0.5) is 19.3 Å². The molecule has 1 atom stereocenters. The zero-order valence-electron chi connectivity index (χ0n) is 19.6. The second-order valence-corrected chi connectivity index (χ2v) is 9.21. The number of halogens is 3. The number of ether oxygens (including phenoxy) is 2. The summed E-state index contributed by atoms with van der Waals surface area (Å²) in [5.41, 5.74) is 0.370. The van der Waals surface area contributed by atoms with Crippen LogP contribution < -0.4 is 15.4 Å². The van der Waals surface area contributed by atoms with Gasteiger partial charge in [-0.15, -0.1) is 0 Å². The maximum Gasteiger partial charge on any atom is 0.407 e. The van der Waals surface area contributed by atoms with E-state index in [1.807, 2.05) is 0 Å². The van der Waals surface area contributed by atoms with Crippen molar-refractivity contribution in [1.82, 2.24) is 10.2 Å². The van der Waals surface area contributed by atoms with E-state index in [2.05, 4.69) is 10.6 Å². The minimum absolute atomic E-state index is 0.0221. The summed E-state index contributed by atoms with van der Waals surface area (Å²) in [7, 11) is 0. The molecule has 4 rings (SSSR count). The number of benzene rings is 2. The normalized spacial score (nSPS) is 17.6. The van der Waals surface area contributed by atoms with Gasteiger partial charge in [0.05, 0.1) is 35.4 Å². The van der Waals surface area contributed by atoms with E-state index in [4.69, 9.17) is 21.1 Å². The van der Waals surface area contributed by atoms with Crippen molar-refractivity contribution in [2.75, 3.05) is 31.6 Å². The molecule has 0 spiro atoms. The van der Waals surface area contributed by atoms with Crippen LogP contribution in [0, 0.1) is 17.6 Å². The van der Waals surface area contributed by atoms with Gasteiger partial charge in [0.1, 0.15) is 17.4 Å². The van der Waals surface area contributed by atoms with Crippen LogP contribution in [0.25, 0.3) is 0 Å². The Kier molecular flexibility index (Phi) is 7.93. The fourth-order valence-electron chi connectivity index (χ4n) is 4.37. The highest BCUT2D eigenvalue weighted by Gasteiger charge is 2.31. The number of rotatable bonds is 5. The largest absolute Gasteiger partial charge is 0.492 e. The summed E-state index contributed by atoms with van der Waals surface area (Å²) in [6.07, 6.45) is 1.06. The smallest absolute Gasteiger partial charge is 0.407 e. The first kappa shape index (κ1) is 25.7. The van der Waals surface area contributed by atoms with Crippen LogP contribution in [0.5, 0.6) is 5.75 Å². The van der Waals surface area contributed by atoms with Crippen molar-refractivity contribution in [2.45, 2.75) is 32.2 Å². The van der Waals surface area contributed by atoms with Gasteiger partial charge >= 0.3 is 6.09 Å². The molecular formula is C25H26ClF2N3O5. The lowest BCUT2D eigenvalue weighted by molar-refractivity contribution is -0.130. The van der Waals surface area contributed by atoms with Gasteiger partial charge in [0.15, 0.2) is 0 Å². The standard InChI is InChI=1S/C25H26ClF2N3O5/c1-14(32)31-9-6-15(7-10-31)13-36-25(34)30-21-8-11-35-23-17(3-5-20(28)22(21)23)24(33)29-16-2-4-19(27)18(26)12-16/h2-5,12,15,21H,6-11,13H2,1H3,(H,29,33)(H,30,34)/t21-/m0/s1. The lowest BCUT2D eigenvalue weighted by Crippen LogP contribution is -2.39. The first-order chi connectivity index (χ1) is 17.2. The van der Waals surface area contributed by atoms with Crippen molar-refractivity contribution in [2.24, 2.45) is 5.92 Å². The van der Waals surface area contributed by atoms with E-state index in [1.54, 1.807) is 4.90 Å². The van der Waals surface area contributed by atoms with E-state index in [1.165, 1.54) is 25.1 Å². The molecule has 1 saturated heterocycles. The molecule has 2 aromatic rings. The number of carbonyl (C=O) groups excluding carboxylic acids is 3. The summed E-state index contributed by atoms with van der Waals surface area (Å²) in [5.74, 6) is -1.67. The maximum absolute atomic E-state index is 14.8. The fraction of sp³-hybridized carbons (Fsp3) is 0.400. The Morgan fingerprint density at radius 3 is 2.53 bits per heavy atom. The van der Waals surface area contributed by atoms with E-state index in [0.717, 1.165) is 25.0 Å². The maximum atomic E-state index is 14.8. The molecule has 0 bridgehead atoms. The zero-order valence-corrected chi connectivity index (χ0v) is 20.4. The number of hydrogen-bond acceptors (Lipinski definition) is 5. The van der Waals surface area contributed by atoms with Crippen LogP contribution in [0.15, 0.2) is 30.3 Å². The van der Waals surface area contributed by atoms with E-state index in [0.29, 0.717) is 13.1 Å². The van der Waals surface area contributed by atoms with Gasteiger partial charge in [-0.3, -0.25) is 9.59 Å². The molecule has 11 heteroatoms. The van der Waals surface area contributed by atoms with Gasteiger partial charge in [-0.05, 0) is 49.1 Å². The number of likely N-dealkylation sites (tertiary alicyclic amines) is 1. The molecule has 2 heterocycles. The number of nitrogens with one attached hydrogen (secondary N) is 2. The number of alkyl carbamates (subject to hydrolysis) is 1. The van der Waals surface area contributed by atoms with Gasteiger partial charge in [-0.2, -0.15) is 0 Å². The quantitative estimate of drug-likeness (QED) is 0.595. The van der Waals surface area contributed by atoms with Gasteiger partial charge in [0.2, 0.25) is 5.91 Å². The summed E-state index contributed by atoms with van der Waals surface area (Å²) in [6.45, 7) is 3.12. The monoisotopic (exact) mass is 521 g/mol. The third kappa shape index (κ3) is 5.87. The van der Waals surface area contributed by atoms with Crippen molar-refractivity contribution in [3.8, 4) is 5.75 Å². The Morgan fingerprint density at radius 2 is 1.83 bits per heavy atom. The summed E-state index contributed by atoms with van der Waals surface area (Å²) < 4.78 is 39.2. The average Bonchev–Trinajstić information content (AvgIpc) is 2.85. The van der Waals surface area contributed by atoms with Crippen LogP contribution in [0.2, 0.25) is 5.02 Å². The molecule has 2 aromatic carbocycles. The van der Waals surface area contributed by atoms with E-state index < -0.39 is 29.7 Å². The highest BCUT2D eigenvalue weighted by molar-refractivity contribution is 6.31. The Hall–Kier alpha value is -3.40. The number of carbonyl (C=O) groups is 3. The zero-order chi connectivity index (χ0) is 25.8. The SMILES string of the molecule is CC(=O)N1CCC(COC(=O)N[C@H]2CCOc3c(C(=O)Nc4ccc(F)c(Cl)c4)ccc(F)c32)CC1. The van der Waals surface area contributed by atoms with Crippen molar-refractivity contribution < 1.29 is 32.6 Å². The number of hydrogen-bond donors (Lipinski definition) is 2. The van der Waals surface area contributed by atoms with E-state index in [-0.39, 0.29) is 59.0 Å². The fourth-order valence-corrected chi connectivity index (χ4v) is 4.55. The second kappa shape index (κ2) is 11.1. The molecule has 192 valence electrons. The van der Waals surface area contributed by atoms with Crippen LogP contribution in [-0.4, -0.2) is 49.1 Å². The molecule has 2 N–H and O–H groups in total. The Balaban J connectivity index is 1.41. The van der Waals surface area contributed by atoms with Crippen molar-refractivity contribution >= 4 is 35.2 Å². The molecule has 1 fully saturated rings. The molecular weight excluding hydrogens is 496 g/mol. The molecule has 0 saturated carbocycles. The van der Waals surface area contributed by atoms with Crippen LogP contribution in [0.3, 0.4) is 0 Å². The van der Waals surface area contributed by atoms with Crippen molar-refractivity contribution in [3.05, 3.63) is 58.1 Å². The first-order valence-corrected chi connectivity index (χ1v) is 12.0. The first-order valence-electron chi connectivity index (χ1n) is 11.6. The number of fused-ring (bicyclic) bond motifs is 1. The van der Waals surface area contributed by atoms with E-state index >= 15 is 0 Å². The molecule has 0 radical (unpaired) electrons. The van der Waals surface area contributed by atoms with Gasteiger partial charge in [-0.25, -0.2) is 13.6 Å². The van der Waals surface area contributed by atoms with Crippen LogP contribution >= 0.6 is 11.6 Å².